The molecule has 0 bridgehead atoms. The van der Waals surface area contributed by atoms with Crippen LogP contribution in [-0.2, 0) is 10.2 Å². The summed E-state index contributed by atoms with van der Waals surface area (Å²) in [4.78, 5) is 23.3. The number of benzene rings is 1. The molecule has 2 atom stereocenters. The van der Waals surface area contributed by atoms with Crippen molar-refractivity contribution in [2.24, 2.45) is 11.8 Å². The Morgan fingerprint density at radius 3 is 2.33 bits per heavy atom. The molecule has 0 amide bonds. The van der Waals surface area contributed by atoms with Gasteiger partial charge in [0.2, 0.25) is 0 Å². The molecule has 0 aliphatic heterocycles. The van der Waals surface area contributed by atoms with Crippen LogP contribution in [0.25, 0.3) is 0 Å². The van der Waals surface area contributed by atoms with Crippen LogP contribution in [0.5, 0.6) is 0 Å². The molecule has 0 heterocycles. The molecule has 1 aliphatic rings. The number of carbonyl (C=O) groups excluding carboxylic acids is 1. The van der Waals surface area contributed by atoms with E-state index in [4.69, 9.17) is 5.11 Å². The van der Waals surface area contributed by atoms with Crippen molar-refractivity contribution in [3.8, 4) is 0 Å². The van der Waals surface area contributed by atoms with Crippen molar-refractivity contribution in [3.05, 3.63) is 34.4 Å². The van der Waals surface area contributed by atoms with Crippen molar-refractivity contribution in [3.63, 3.8) is 0 Å². The number of fused-ring (bicyclic) bond motifs is 1. The van der Waals surface area contributed by atoms with Crippen LogP contribution < -0.4 is 0 Å². The molecule has 2 rings (SSSR count). The van der Waals surface area contributed by atoms with Crippen molar-refractivity contribution >= 4 is 11.8 Å². The first-order valence-corrected chi connectivity index (χ1v) is 9.01. The summed E-state index contributed by atoms with van der Waals surface area (Å²) in [5.41, 5.74) is 4.43. The smallest absolute Gasteiger partial charge is 0.303 e. The highest BCUT2D eigenvalue weighted by Crippen LogP contribution is 2.55. The highest BCUT2D eigenvalue weighted by Gasteiger charge is 2.46. The average molecular weight is 330 g/mol. The Kier molecular flexibility index (Phi) is 5.22. The monoisotopic (exact) mass is 330 g/mol. The number of Topliss-reactive ketones (excluding diaryl/α,β-unsaturated/α-hetero) is 1. The fourth-order valence-corrected chi connectivity index (χ4v) is 4.67. The highest BCUT2D eigenvalue weighted by atomic mass is 16.4. The molecule has 1 N–H and O–H groups in total. The number of hydrogen-bond acceptors (Lipinski definition) is 2. The molecule has 1 aromatic carbocycles. The Balaban J connectivity index is 2.51. The maximum atomic E-state index is 12.5. The summed E-state index contributed by atoms with van der Waals surface area (Å²) in [7, 11) is 0. The Hall–Kier alpha value is -1.64. The number of carboxylic acids is 1. The average Bonchev–Trinajstić information content (AvgIpc) is 2.71. The minimum atomic E-state index is -0.922. The van der Waals surface area contributed by atoms with Crippen LogP contribution >= 0.6 is 0 Å². The third-order valence-corrected chi connectivity index (χ3v) is 5.83. The van der Waals surface area contributed by atoms with Crippen LogP contribution in [0.4, 0.5) is 0 Å². The minimum Gasteiger partial charge on any atom is -0.481 e. The molecule has 0 unspecified atom stereocenters. The van der Waals surface area contributed by atoms with Crippen LogP contribution in [-0.4, -0.2) is 16.9 Å². The summed E-state index contributed by atoms with van der Waals surface area (Å²) in [5, 5.41) is 8.83. The fourth-order valence-electron chi connectivity index (χ4n) is 4.67. The second-order valence-electron chi connectivity index (χ2n) is 8.08. The zero-order valence-electron chi connectivity index (χ0n) is 15.8. The van der Waals surface area contributed by atoms with Crippen LogP contribution in [0.2, 0.25) is 0 Å². The van der Waals surface area contributed by atoms with Crippen molar-refractivity contribution in [2.75, 3.05) is 0 Å². The molecule has 24 heavy (non-hydrogen) atoms. The molecule has 3 nitrogen and oxygen atoms in total. The molecule has 0 saturated carbocycles. The lowest BCUT2D eigenvalue weighted by atomic mass is 9.72. The number of carbonyl (C=O) groups is 2. The first-order valence-electron chi connectivity index (χ1n) is 9.01. The normalized spacial score (nSPS) is 21.8. The van der Waals surface area contributed by atoms with E-state index >= 15 is 0 Å². The van der Waals surface area contributed by atoms with E-state index in [1.165, 1.54) is 11.1 Å². The molecule has 0 spiro atoms. The molecule has 0 aromatic heterocycles. The van der Waals surface area contributed by atoms with Gasteiger partial charge in [0.15, 0.2) is 5.78 Å². The number of hydrogen-bond donors (Lipinski definition) is 1. The standard InChI is InChI=1S/C21H30O3/c1-7-16-20(12(2)3)15-11-14(18(22)8-9-19(23)24)13(4)10-17(15)21(16,5)6/h10-12,16,20H,7-9H2,1-6H3,(H,23,24)/t16-,20+/m0/s1. The lowest BCUT2D eigenvalue weighted by Gasteiger charge is -2.32. The SMILES string of the molecule is CC[C@H]1[C@H](C(C)C)c2cc(C(=O)CCC(=O)O)c(C)cc2C1(C)C. The summed E-state index contributed by atoms with van der Waals surface area (Å²) < 4.78 is 0. The number of aryl methyl sites for hydroxylation is 1. The van der Waals surface area contributed by atoms with Crippen LogP contribution in [0, 0.1) is 18.8 Å². The summed E-state index contributed by atoms with van der Waals surface area (Å²) in [5.74, 6) is 0.551. The Labute approximate surface area is 145 Å². The minimum absolute atomic E-state index is 0.0574. The van der Waals surface area contributed by atoms with E-state index in [0.717, 1.165) is 12.0 Å². The van der Waals surface area contributed by atoms with Crippen LogP contribution in [0.15, 0.2) is 12.1 Å². The Morgan fingerprint density at radius 2 is 1.83 bits per heavy atom. The van der Waals surface area contributed by atoms with E-state index in [9.17, 15) is 9.59 Å². The third kappa shape index (κ3) is 3.13. The predicted octanol–water partition coefficient (Wildman–Crippen LogP) is 5.10. The van der Waals surface area contributed by atoms with Crippen molar-refractivity contribution in [2.45, 2.75) is 72.1 Å². The summed E-state index contributed by atoms with van der Waals surface area (Å²) >= 11 is 0. The van der Waals surface area contributed by atoms with Gasteiger partial charge in [-0.15, -0.1) is 0 Å². The van der Waals surface area contributed by atoms with E-state index in [-0.39, 0.29) is 24.0 Å². The number of rotatable bonds is 6. The van der Waals surface area contributed by atoms with Gasteiger partial charge in [0, 0.05) is 12.0 Å². The van der Waals surface area contributed by atoms with Crippen LogP contribution in [0.3, 0.4) is 0 Å². The third-order valence-electron chi connectivity index (χ3n) is 5.83. The van der Waals surface area contributed by atoms with Gasteiger partial charge in [-0.05, 0) is 52.8 Å². The van der Waals surface area contributed by atoms with Gasteiger partial charge in [0.25, 0.3) is 0 Å². The first kappa shape index (κ1) is 18.7. The van der Waals surface area contributed by atoms with Gasteiger partial charge < -0.3 is 5.11 Å². The summed E-state index contributed by atoms with van der Waals surface area (Å²) in [6.07, 6.45) is 1.08. The fraction of sp³-hybridized carbons (Fsp3) is 0.619. The van der Waals surface area contributed by atoms with E-state index in [0.29, 0.717) is 23.3 Å². The first-order chi connectivity index (χ1) is 11.1. The second kappa shape index (κ2) is 6.70. The molecule has 132 valence electrons. The molecule has 0 radical (unpaired) electrons. The highest BCUT2D eigenvalue weighted by molar-refractivity contribution is 5.99. The van der Waals surface area contributed by atoms with Gasteiger partial charge >= 0.3 is 5.97 Å². The van der Waals surface area contributed by atoms with Gasteiger partial charge in [-0.2, -0.15) is 0 Å². The lowest BCUT2D eigenvalue weighted by Crippen LogP contribution is -2.27. The van der Waals surface area contributed by atoms with Gasteiger partial charge in [0.05, 0.1) is 6.42 Å². The van der Waals surface area contributed by atoms with Gasteiger partial charge in [-0.25, -0.2) is 0 Å². The Morgan fingerprint density at radius 1 is 1.21 bits per heavy atom. The topological polar surface area (TPSA) is 54.4 Å². The molecular weight excluding hydrogens is 300 g/mol. The molecular formula is C21H30O3. The van der Waals surface area contributed by atoms with E-state index in [1.807, 2.05) is 6.92 Å². The number of carboxylic acid groups (broad SMARTS) is 1. The predicted molar refractivity (Wildman–Crippen MR) is 96.8 cm³/mol. The summed E-state index contributed by atoms with van der Waals surface area (Å²) in [6.45, 7) is 13.4. The van der Waals surface area contributed by atoms with Gasteiger partial charge in [-0.3, -0.25) is 9.59 Å². The van der Waals surface area contributed by atoms with E-state index in [1.54, 1.807) is 0 Å². The summed E-state index contributed by atoms with van der Waals surface area (Å²) in [6, 6.07) is 4.24. The number of ketones is 1. The molecule has 3 heteroatoms. The lowest BCUT2D eigenvalue weighted by molar-refractivity contribution is -0.136. The molecule has 1 aromatic rings. The van der Waals surface area contributed by atoms with Gasteiger partial charge in [0.1, 0.15) is 0 Å². The van der Waals surface area contributed by atoms with Crippen molar-refractivity contribution in [1.82, 2.24) is 0 Å². The molecule has 0 saturated heterocycles. The van der Waals surface area contributed by atoms with Gasteiger partial charge in [-0.1, -0.05) is 47.1 Å². The second-order valence-corrected chi connectivity index (χ2v) is 8.08. The van der Waals surface area contributed by atoms with E-state index < -0.39 is 5.97 Å². The van der Waals surface area contributed by atoms with Crippen molar-refractivity contribution < 1.29 is 14.7 Å². The van der Waals surface area contributed by atoms with Crippen LogP contribution in [0.1, 0.15) is 86.8 Å². The zero-order chi connectivity index (χ0) is 18.2. The van der Waals surface area contributed by atoms with E-state index in [2.05, 4.69) is 46.8 Å². The van der Waals surface area contributed by atoms with Crippen molar-refractivity contribution in [1.29, 1.82) is 0 Å². The number of aliphatic carboxylic acids is 1. The zero-order valence-corrected chi connectivity index (χ0v) is 15.8. The quantitative estimate of drug-likeness (QED) is 0.738. The maximum Gasteiger partial charge on any atom is 0.303 e. The molecule has 1 aliphatic carbocycles. The Bertz CT molecular complexity index is 655. The molecule has 0 fully saturated rings. The largest absolute Gasteiger partial charge is 0.481 e. The maximum absolute atomic E-state index is 12.5.